The van der Waals surface area contributed by atoms with Gasteiger partial charge in [-0.1, -0.05) is 29.5 Å². The molecule has 31 heavy (non-hydrogen) atoms. The van der Waals surface area contributed by atoms with Gasteiger partial charge in [0.2, 0.25) is 0 Å². The molecule has 1 aliphatic rings. The summed E-state index contributed by atoms with van der Waals surface area (Å²) in [5, 5.41) is 7.31. The van der Waals surface area contributed by atoms with Gasteiger partial charge in [-0.05, 0) is 42.8 Å². The van der Waals surface area contributed by atoms with E-state index in [4.69, 9.17) is 4.98 Å². The van der Waals surface area contributed by atoms with E-state index in [2.05, 4.69) is 26.5 Å². The van der Waals surface area contributed by atoms with Gasteiger partial charge in [0, 0.05) is 13.1 Å². The summed E-state index contributed by atoms with van der Waals surface area (Å²) < 4.78 is 1.82. The molecule has 1 aliphatic heterocycles. The lowest BCUT2D eigenvalue weighted by Crippen LogP contribution is -2.29. The van der Waals surface area contributed by atoms with Crippen molar-refractivity contribution in [2.45, 2.75) is 25.8 Å². The summed E-state index contributed by atoms with van der Waals surface area (Å²) in [4.78, 5) is 26.1. The van der Waals surface area contributed by atoms with Crippen LogP contribution in [0.3, 0.4) is 0 Å². The Morgan fingerprint density at radius 1 is 1.16 bits per heavy atom. The van der Waals surface area contributed by atoms with Gasteiger partial charge in [-0.15, -0.1) is 11.3 Å². The lowest BCUT2D eigenvalue weighted by Gasteiger charge is -2.25. The van der Waals surface area contributed by atoms with Crippen molar-refractivity contribution in [3.05, 3.63) is 53.0 Å². The first kappa shape index (κ1) is 19.9. The van der Waals surface area contributed by atoms with E-state index in [1.54, 1.807) is 35.2 Å². The highest BCUT2D eigenvalue weighted by Crippen LogP contribution is 2.35. The van der Waals surface area contributed by atoms with Crippen LogP contribution in [-0.4, -0.2) is 39.7 Å². The summed E-state index contributed by atoms with van der Waals surface area (Å²) in [6.07, 6.45) is 7.08. The van der Waals surface area contributed by atoms with E-state index in [0.717, 1.165) is 44.7 Å². The van der Waals surface area contributed by atoms with E-state index in [1.807, 2.05) is 40.3 Å². The van der Waals surface area contributed by atoms with Crippen LogP contribution in [0.1, 0.15) is 24.1 Å². The highest BCUT2D eigenvalue weighted by molar-refractivity contribution is 7.18. The Morgan fingerprint density at radius 2 is 2.03 bits per heavy atom. The smallest absolute Gasteiger partial charge is 0.260 e. The van der Waals surface area contributed by atoms with Gasteiger partial charge in [0.1, 0.15) is 12.2 Å². The van der Waals surface area contributed by atoms with Crippen molar-refractivity contribution < 1.29 is 4.79 Å². The fraction of sp³-hybridized carbons (Fsp3) is 0.273. The summed E-state index contributed by atoms with van der Waals surface area (Å²) in [6.45, 7) is 2.25. The molecule has 4 heterocycles. The van der Waals surface area contributed by atoms with Crippen molar-refractivity contribution in [3.63, 3.8) is 0 Å². The predicted molar refractivity (Wildman–Crippen MR) is 127 cm³/mol. The monoisotopic (exact) mass is 450 g/mol. The number of rotatable bonds is 6. The summed E-state index contributed by atoms with van der Waals surface area (Å²) >= 11 is 3.29. The Bertz CT molecular complexity index is 1200. The molecule has 1 fully saturated rings. The molecule has 0 unspecified atom stereocenters. The van der Waals surface area contributed by atoms with Crippen molar-refractivity contribution in [2.75, 3.05) is 18.0 Å². The molecule has 9 heteroatoms. The van der Waals surface area contributed by atoms with Crippen LogP contribution in [0.15, 0.2) is 53.2 Å². The Hall–Kier alpha value is -3.04. The Balaban J connectivity index is 1.31. The summed E-state index contributed by atoms with van der Waals surface area (Å²) in [5.41, 5.74) is 5.37. The fourth-order valence-electron chi connectivity index (χ4n) is 3.71. The predicted octanol–water partition coefficient (Wildman–Crippen LogP) is 4.36. The minimum atomic E-state index is -0.196. The second-order valence-electron chi connectivity index (χ2n) is 7.39. The van der Waals surface area contributed by atoms with Crippen LogP contribution in [0.5, 0.6) is 0 Å². The third-order valence-electron chi connectivity index (χ3n) is 5.24. The van der Waals surface area contributed by atoms with Gasteiger partial charge in [-0.3, -0.25) is 4.79 Å². The van der Waals surface area contributed by atoms with Gasteiger partial charge < -0.3 is 9.47 Å². The molecule has 0 spiro atoms. The zero-order valence-electron chi connectivity index (χ0n) is 16.9. The first-order valence-electron chi connectivity index (χ1n) is 10.3. The van der Waals surface area contributed by atoms with E-state index in [0.29, 0.717) is 0 Å². The zero-order chi connectivity index (χ0) is 21.0. The standard InChI is InChI=1S/C22H22N6OS2/c29-20(14-28-15-23-16-7-2-3-8-17(16)28)26-24-13-19-21(18-9-6-12-30-18)25-22(31-19)27-10-4-1-5-11-27/h2-3,6-9,12-13,15H,1,4-5,10-11,14H2,(H,26,29). The van der Waals surface area contributed by atoms with Gasteiger partial charge in [0.05, 0.1) is 33.3 Å². The van der Waals surface area contributed by atoms with E-state index in [9.17, 15) is 4.79 Å². The van der Waals surface area contributed by atoms with Crippen LogP contribution < -0.4 is 10.3 Å². The van der Waals surface area contributed by atoms with Gasteiger partial charge in [-0.25, -0.2) is 15.4 Å². The van der Waals surface area contributed by atoms with Crippen LogP contribution in [-0.2, 0) is 11.3 Å². The van der Waals surface area contributed by atoms with Crippen molar-refractivity contribution in [1.82, 2.24) is 20.0 Å². The van der Waals surface area contributed by atoms with Crippen molar-refractivity contribution in [1.29, 1.82) is 0 Å². The van der Waals surface area contributed by atoms with Gasteiger partial charge >= 0.3 is 0 Å². The number of thiazole rings is 1. The number of nitrogens with one attached hydrogen (secondary N) is 1. The molecule has 7 nitrogen and oxygen atoms in total. The molecular formula is C22H22N6OS2. The summed E-state index contributed by atoms with van der Waals surface area (Å²) in [7, 11) is 0. The number of anilines is 1. The van der Waals surface area contributed by atoms with E-state index < -0.39 is 0 Å². The summed E-state index contributed by atoms with van der Waals surface area (Å²) in [6, 6.07) is 11.8. The van der Waals surface area contributed by atoms with Gasteiger partial charge in [-0.2, -0.15) is 5.10 Å². The number of thiophene rings is 1. The quantitative estimate of drug-likeness (QED) is 0.350. The van der Waals surface area contributed by atoms with Crippen LogP contribution in [0.2, 0.25) is 0 Å². The number of piperidine rings is 1. The number of carbonyl (C=O) groups excluding carboxylic acids is 1. The maximum absolute atomic E-state index is 12.4. The topological polar surface area (TPSA) is 75.4 Å². The molecular weight excluding hydrogens is 428 g/mol. The van der Waals surface area contributed by atoms with Crippen molar-refractivity contribution >= 4 is 51.0 Å². The number of nitrogens with zero attached hydrogens (tertiary/aromatic N) is 5. The van der Waals surface area contributed by atoms with E-state index >= 15 is 0 Å². The Kier molecular flexibility index (Phi) is 5.77. The van der Waals surface area contributed by atoms with Crippen molar-refractivity contribution in [3.8, 4) is 10.6 Å². The number of para-hydroxylation sites is 2. The van der Waals surface area contributed by atoms with Gasteiger partial charge in [0.25, 0.3) is 5.91 Å². The maximum atomic E-state index is 12.4. The van der Waals surface area contributed by atoms with E-state index in [-0.39, 0.29) is 12.5 Å². The third-order valence-corrected chi connectivity index (χ3v) is 7.16. The molecule has 1 aromatic carbocycles. The largest absolute Gasteiger partial charge is 0.348 e. The number of imidazole rings is 1. The minimum absolute atomic E-state index is 0.164. The number of aromatic nitrogens is 3. The molecule has 1 amide bonds. The molecule has 5 rings (SSSR count). The molecule has 1 N–H and O–H groups in total. The number of fused-ring (bicyclic) bond motifs is 1. The number of hydrazone groups is 1. The lowest BCUT2D eigenvalue weighted by molar-refractivity contribution is -0.121. The second kappa shape index (κ2) is 8.99. The zero-order valence-corrected chi connectivity index (χ0v) is 18.5. The number of hydrogen-bond donors (Lipinski definition) is 1. The molecule has 0 radical (unpaired) electrons. The van der Waals surface area contributed by atoms with Crippen LogP contribution in [0.4, 0.5) is 5.13 Å². The highest BCUT2D eigenvalue weighted by atomic mass is 32.1. The first-order chi connectivity index (χ1) is 15.3. The number of amides is 1. The van der Waals surface area contributed by atoms with Crippen LogP contribution in [0.25, 0.3) is 21.6 Å². The molecule has 0 bridgehead atoms. The fourth-order valence-corrected chi connectivity index (χ4v) is 5.50. The molecule has 0 saturated carbocycles. The number of hydrogen-bond acceptors (Lipinski definition) is 7. The Morgan fingerprint density at radius 3 is 2.87 bits per heavy atom. The molecule has 4 aromatic rings. The molecule has 158 valence electrons. The van der Waals surface area contributed by atoms with E-state index in [1.165, 1.54) is 19.3 Å². The van der Waals surface area contributed by atoms with Crippen molar-refractivity contribution in [2.24, 2.45) is 5.10 Å². The SMILES string of the molecule is O=C(Cn1cnc2ccccc21)NN=Cc1sc(N2CCCCC2)nc1-c1cccs1. The number of benzene rings is 1. The second-order valence-corrected chi connectivity index (χ2v) is 9.35. The maximum Gasteiger partial charge on any atom is 0.260 e. The Labute approximate surface area is 188 Å². The van der Waals surface area contributed by atoms with Crippen LogP contribution in [0, 0.1) is 0 Å². The average Bonchev–Trinajstić information content (AvgIpc) is 3.55. The number of carbonyl (C=O) groups is 1. The third kappa shape index (κ3) is 4.38. The van der Waals surface area contributed by atoms with Gasteiger partial charge in [0.15, 0.2) is 5.13 Å². The van der Waals surface area contributed by atoms with Crippen LogP contribution >= 0.6 is 22.7 Å². The molecule has 1 saturated heterocycles. The normalized spacial score (nSPS) is 14.5. The first-order valence-corrected chi connectivity index (χ1v) is 12.0. The highest BCUT2D eigenvalue weighted by Gasteiger charge is 2.19. The minimum Gasteiger partial charge on any atom is -0.348 e. The summed E-state index contributed by atoms with van der Waals surface area (Å²) in [5.74, 6) is -0.196. The molecule has 3 aromatic heterocycles. The lowest BCUT2D eigenvalue weighted by atomic mass is 10.1. The average molecular weight is 451 g/mol. The molecule has 0 atom stereocenters. The molecule has 0 aliphatic carbocycles.